The molecule has 3 aromatic rings. The summed E-state index contributed by atoms with van der Waals surface area (Å²) in [5, 5.41) is 3.38. The van der Waals surface area contributed by atoms with Gasteiger partial charge in [-0.05, 0) is 61.4 Å². The van der Waals surface area contributed by atoms with E-state index in [4.69, 9.17) is 22.1 Å². The number of nitrogens with one attached hydrogen (secondary N) is 1. The second-order valence-corrected chi connectivity index (χ2v) is 10.3. The van der Waals surface area contributed by atoms with Crippen LogP contribution < -0.4 is 11.1 Å². The van der Waals surface area contributed by atoms with Gasteiger partial charge in [0, 0.05) is 24.0 Å². The lowest BCUT2D eigenvalue weighted by Crippen LogP contribution is -2.45. The van der Waals surface area contributed by atoms with Crippen LogP contribution in [0.25, 0.3) is 10.9 Å². The van der Waals surface area contributed by atoms with Crippen molar-refractivity contribution in [2.45, 2.75) is 51.1 Å². The molecule has 39 heavy (non-hydrogen) atoms. The molecule has 3 N–H and O–H groups in total. The third-order valence-electron chi connectivity index (χ3n) is 7.38. The summed E-state index contributed by atoms with van der Waals surface area (Å²) in [6.45, 7) is 1.98. The highest BCUT2D eigenvalue weighted by Crippen LogP contribution is 2.48. The standard InChI is InChI=1S/C28H28ClFN4O5/c1-2-39-25(36)11-15-6-8-21-18(10-15)20(14-33(21)27(31)37)32-28(38)34-22-12-17(22)13-23(34)24(35)9-7-16-4-3-5-19(29)26(16)30/h3-6,8,10,14,17,22-23H,2,7,9,11-13H2,1H3,(H2,31,37)(H,32,38)/t17-,22-,23+/m1/s1. The molecule has 2 fully saturated rings. The molecular formula is C28H28ClFN4O5. The summed E-state index contributed by atoms with van der Waals surface area (Å²) in [6, 6.07) is 7.85. The van der Waals surface area contributed by atoms with E-state index in [1.165, 1.54) is 16.8 Å². The normalized spacial score (nSPS) is 19.6. The molecule has 204 valence electrons. The Morgan fingerprint density at radius 1 is 1.18 bits per heavy atom. The van der Waals surface area contributed by atoms with E-state index in [1.807, 2.05) is 0 Å². The van der Waals surface area contributed by atoms with Crippen LogP contribution in [0.4, 0.5) is 19.7 Å². The Kier molecular flexibility index (Phi) is 7.31. The molecule has 2 aliphatic rings. The van der Waals surface area contributed by atoms with Crippen molar-refractivity contribution in [3.05, 3.63) is 64.6 Å². The molecule has 2 aromatic carbocycles. The first kappa shape index (κ1) is 26.7. The van der Waals surface area contributed by atoms with E-state index in [0.717, 1.165) is 6.42 Å². The minimum absolute atomic E-state index is 0.00333. The fourth-order valence-corrected chi connectivity index (χ4v) is 5.62. The van der Waals surface area contributed by atoms with Crippen molar-refractivity contribution in [3.63, 3.8) is 0 Å². The number of rotatable bonds is 8. The molecule has 2 heterocycles. The van der Waals surface area contributed by atoms with Crippen LogP contribution in [0.2, 0.25) is 5.02 Å². The molecule has 1 aliphatic heterocycles. The van der Waals surface area contributed by atoms with Gasteiger partial charge in [-0.15, -0.1) is 0 Å². The number of anilines is 1. The number of piperidine rings is 1. The number of likely N-dealkylation sites (tertiary alicyclic amines) is 1. The number of fused-ring (bicyclic) bond motifs is 2. The van der Waals surface area contributed by atoms with Crippen LogP contribution in [0, 0.1) is 11.7 Å². The van der Waals surface area contributed by atoms with Crippen LogP contribution in [0.3, 0.4) is 0 Å². The van der Waals surface area contributed by atoms with Crippen LogP contribution in [-0.2, 0) is 27.2 Å². The highest BCUT2D eigenvalue weighted by molar-refractivity contribution is 6.30. The van der Waals surface area contributed by atoms with E-state index in [-0.39, 0.29) is 48.6 Å². The average molecular weight is 555 g/mol. The maximum Gasteiger partial charge on any atom is 0.323 e. The quantitative estimate of drug-likeness (QED) is 0.392. The van der Waals surface area contributed by atoms with Crippen molar-refractivity contribution < 1.29 is 28.3 Å². The number of hydrogen-bond acceptors (Lipinski definition) is 5. The maximum atomic E-state index is 14.3. The van der Waals surface area contributed by atoms with Gasteiger partial charge in [-0.25, -0.2) is 14.0 Å². The summed E-state index contributed by atoms with van der Waals surface area (Å²) in [4.78, 5) is 52.3. The smallest absolute Gasteiger partial charge is 0.323 e. The number of carbonyl (C=O) groups is 4. The first-order chi connectivity index (χ1) is 18.7. The van der Waals surface area contributed by atoms with E-state index in [9.17, 15) is 23.6 Å². The van der Waals surface area contributed by atoms with Crippen molar-refractivity contribution >= 4 is 52.0 Å². The number of aryl methyl sites for hydroxylation is 1. The zero-order chi connectivity index (χ0) is 27.8. The molecule has 0 spiro atoms. The number of urea groups is 1. The van der Waals surface area contributed by atoms with Gasteiger partial charge in [-0.3, -0.25) is 14.2 Å². The number of nitrogens with two attached hydrogens (primary N) is 1. The van der Waals surface area contributed by atoms with Gasteiger partial charge in [-0.1, -0.05) is 29.8 Å². The van der Waals surface area contributed by atoms with Gasteiger partial charge in [0.25, 0.3) is 0 Å². The lowest BCUT2D eigenvalue weighted by atomic mass is 10.00. The summed E-state index contributed by atoms with van der Waals surface area (Å²) >= 11 is 5.86. The number of esters is 1. The van der Waals surface area contributed by atoms with Gasteiger partial charge in [-0.2, -0.15) is 0 Å². The van der Waals surface area contributed by atoms with E-state index < -0.39 is 29.9 Å². The lowest BCUT2D eigenvalue weighted by Gasteiger charge is -2.27. The first-order valence-corrected chi connectivity index (χ1v) is 13.2. The van der Waals surface area contributed by atoms with Crippen molar-refractivity contribution in [2.75, 3.05) is 11.9 Å². The minimum Gasteiger partial charge on any atom is -0.466 e. The monoisotopic (exact) mass is 554 g/mol. The van der Waals surface area contributed by atoms with Crippen LogP contribution in [0.15, 0.2) is 42.6 Å². The Hall–Kier alpha value is -3.92. The predicted molar refractivity (Wildman–Crippen MR) is 143 cm³/mol. The molecule has 3 atom stereocenters. The molecule has 1 saturated carbocycles. The fraction of sp³-hybridized carbons (Fsp3) is 0.357. The van der Waals surface area contributed by atoms with Crippen LogP contribution >= 0.6 is 11.6 Å². The van der Waals surface area contributed by atoms with Crippen LogP contribution in [0.5, 0.6) is 0 Å². The summed E-state index contributed by atoms with van der Waals surface area (Å²) in [7, 11) is 0. The van der Waals surface area contributed by atoms with Gasteiger partial charge >= 0.3 is 18.0 Å². The number of primary amides is 1. The Balaban J connectivity index is 1.35. The maximum absolute atomic E-state index is 14.3. The average Bonchev–Trinajstić information content (AvgIpc) is 3.41. The highest BCUT2D eigenvalue weighted by atomic mass is 35.5. The van der Waals surface area contributed by atoms with Crippen LogP contribution in [0.1, 0.15) is 37.3 Å². The van der Waals surface area contributed by atoms with Gasteiger partial charge in [0.1, 0.15) is 5.82 Å². The van der Waals surface area contributed by atoms with E-state index in [1.54, 1.807) is 42.2 Å². The Bertz CT molecular complexity index is 1490. The number of carbonyl (C=O) groups excluding carboxylic acids is 4. The third kappa shape index (κ3) is 5.34. The number of ketones is 1. The largest absolute Gasteiger partial charge is 0.466 e. The summed E-state index contributed by atoms with van der Waals surface area (Å²) < 4.78 is 20.5. The highest BCUT2D eigenvalue weighted by Gasteiger charge is 2.55. The van der Waals surface area contributed by atoms with Crippen LogP contribution in [-0.4, -0.2) is 52.0 Å². The summed E-state index contributed by atoms with van der Waals surface area (Å²) in [5.41, 5.74) is 7.33. The van der Waals surface area contributed by atoms with Gasteiger partial charge in [0.2, 0.25) is 0 Å². The number of Topliss-reactive ketones (excluding diaryl/α,β-unsaturated/α-hetero) is 1. The third-order valence-corrected chi connectivity index (χ3v) is 7.68. The molecule has 9 nitrogen and oxygen atoms in total. The number of ether oxygens (including phenoxy) is 1. The molecule has 0 radical (unpaired) electrons. The molecule has 11 heteroatoms. The molecule has 1 aromatic heterocycles. The molecule has 3 amide bonds. The van der Waals surface area contributed by atoms with Crippen molar-refractivity contribution in [1.29, 1.82) is 0 Å². The lowest BCUT2D eigenvalue weighted by molar-refractivity contribution is -0.142. The summed E-state index contributed by atoms with van der Waals surface area (Å²) in [5.74, 6) is -0.833. The molecule has 5 rings (SSSR count). The van der Waals surface area contributed by atoms with E-state index in [0.29, 0.717) is 34.1 Å². The minimum atomic E-state index is -0.733. The van der Waals surface area contributed by atoms with Gasteiger partial charge in [0.15, 0.2) is 5.78 Å². The Labute approximate surface area is 229 Å². The topological polar surface area (TPSA) is 124 Å². The number of aromatic nitrogens is 1. The molecular weight excluding hydrogens is 527 g/mol. The molecule has 0 unspecified atom stereocenters. The molecule has 1 aliphatic carbocycles. The van der Waals surface area contributed by atoms with Gasteiger partial charge in [0.05, 0.1) is 35.3 Å². The first-order valence-electron chi connectivity index (χ1n) is 12.8. The Morgan fingerprint density at radius 2 is 1.97 bits per heavy atom. The predicted octanol–water partition coefficient (Wildman–Crippen LogP) is 4.66. The summed E-state index contributed by atoms with van der Waals surface area (Å²) in [6.07, 6.45) is 3.08. The van der Waals surface area contributed by atoms with E-state index in [2.05, 4.69) is 5.32 Å². The van der Waals surface area contributed by atoms with Crippen molar-refractivity contribution in [2.24, 2.45) is 11.7 Å². The zero-order valence-electron chi connectivity index (χ0n) is 21.3. The van der Waals surface area contributed by atoms with Crippen molar-refractivity contribution in [1.82, 2.24) is 9.47 Å². The number of nitrogens with zero attached hydrogens (tertiary/aromatic N) is 2. The zero-order valence-corrected chi connectivity index (χ0v) is 22.0. The van der Waals surface area contributed by atoms with Gasteiger partial charge < -0.3 is 20.7 Å². The fourth-order valence-electron chi connectivity index (χ4n) is 5.43. The number of benzene rings is 2. The van der Waals surface area contributed by atoms with Crippen molar-refractivity contribution in [3.8, 4) is 0 Å². The number of amides is 3. The SMILES string of the molecule is CCOC(=O)Cc1ccc2c(c1)c(NC(=O)N1[C@@H]3C[C@@H]3C[C@H]1C(=O)CCc1cccc(Cl)c1F)cn2C(N)=O. The molecule has 1 saturated heterocycles. The Morgan fingerprint density at radius 3 is 2.72 bits per heavy atom. The number of hydrogen-bond donors (Lipinski definition) is 2. The molecule has 0 bridgehead atoms. The van der Waals surface area contributed by atoms with E-state index >= 15 is 0 Å². The second-order valence-electron chi connectivity index (χ2n) is 9.92. The second kappa shape index (κ2) is 10.7. The number of halogens is 2.